The van der Waals surface area contributed by atoms with E-state index < -0.39 is 9.05 Å². The van der Waals surface area contributed by atoms with Gasteiger partial charge in [0.25, 0.3) is 9.05 Å². The fourth-order valence-electron chi connectivity index (χ4n) is 6.95. The summed E-state index contributed by atoms with van der Waals surface area (Å²) in [5.74, 6) is 1.50. The quantitative estimate of drug-likeness (QED) is 0.0369. The van der Waals surface area contributed by atoms with Crippen LogP contribution in [0.1, 0.15) is 51.2 Å². The number of hydrogen-bond donors (Lipinski definition) is 1. The number of aliphatic hydroxyl groups excluding tert-OH is 1. The summed E-state index contributed by atoms with van der Waals surface area (Å²) < 4.78 is 57.4. The fourth-order valence-corrected chi connectivity index (χ4v) is 10.5. The van der Waals surface area contributed by atoms with Crippen molar-refractivity contribution in [2.45, 2.75) is 39.0 Å². The minimum absolute atomic E-state index is 0.0502. The first-order chi connectivity index (χ1) is 35.0. The van der Waals surface area contributed by atoms with Gasteiger partial charge in [-0.15, -0.1) is 22.7 Å². The Morgan fingerprint density at radius 1 is 0.644 bits per heavy atom. The molecule has 0 amide bonds. The highest BCUT2D eigenvalue weighted by molar-refractivity contribution is 9.11. The van der Waals surface area contributed by atoms with Gasteiger partial charge in [0.2, 0.25) is 0 Å². The number of likely N-dealkylation sites (N-methyl/N-ethyl adjacent to an activating group) is 2. The lowest BCUT2D eigenvalue weighted by Crippen LogP contribution is -2.23. The largest absolute Gasteiger partial charge is 0.466 e. The van der Waals surface area contributed by atoms with Crippen LogP contribution in [0.15, 0.2) is 98.8 Å². The van der Waals surface area contributed by atoms with E-state index in [9.17, 15) is 8.42 Å². The number of hydrogen-bond acceptors (Lipinski definition) is 15. The second kappa shape index (κ2) is 30.2. The lowest BCUT2D eigenvalue weighted by Gasteiger charge is -2.21. The van der Waals surface area contributed by atoms with Crippen LogP contribution in [0.3, 0.4) is 0 Å². The maximum atomic E-state index is 10.7. The van der Waals surface area contributed by atoms with E-state index in [1.54, 1.807) is 49.0 Å². The molecule has 0 aliphatic carbocycles. The van der Waals surface area contributed by atoms with Gasteiger partial charge in [0, 0.05) is 70.1 Å². The number of benzene rings is 5. The minimum Gasteiger partial charge on any atom is -0.466 e. The molecule has 7 aromatic rings. The van der Waals surface area contributed by atoms with Gasteiger partial charge >= 0.3 is 0 Å². The van der Waals surface area contributed by atoms with E-state index in [-0.39, 0.29) is 25.1 Å². The molecule has 0 radical (unpaired) electrons. The van der Waals surface area contributed by atoms with E-state index in [1.165, 1.54) is 33.6 Å². The van der Waals surface area contributed by atoms with Crippen molar-refractivity contribution in [2.75, 3.05) is 97.8 Å². The third kappa shape index (κ3) is 19.0. The molecular weight excluding hydrogens is 1140 g/mol. The summed E-state index contributed by atoms with van der Waals surface area (Å²) in [6.07, 6.45) is 9.24. The number of ether oxygens (including phenoxy) is 6. The molecule has 0 aliphatic heterocycles. The van der Waals surface area contributed by atoms with Crippen LogP contribution in [0.4, 0.5) is 11.4 Å². The Bertz CT molecular complexity index is 2860. The van der Waals surface area contributed by atoms with Crippen LogP contribution < -0.4 is 19.3 Å². The minimum atomic E-state index is -3.55. The summed E-state index contributed by atoms with van der Waals surface area (Å²) in [6, 6.07) is 27.0. The maximum absolute atomic E-state index is 10.7. The van der Waals surface area contributed by atoms with Crippen molar-refractivity contribution in [1.82, 2.24) is 9.97 Å². The first-order valence-electron chi connectivity index (χ1n) is 23.2. The summed E-state index contributed by atoms with van der Waals surface area (Å²) in [4.78, 5) is 14.1. The van der Waals surface area contributed by atoms with Crippen LogP contribution in [0, 0.1) is 20.8 Å². The van der Waals surface area contributed by atoms with Crippen molar-refractivity contribution >= 4 is 130 Å². The average Bonchev–Trinajstić information content (AvgIpc) is 3.96. The van der Waals surface area contributed by atoms with E-state index in [4.69, 9.17) is 54.2 Å². The number of aryl methyl sites for hydroxylation is 3. The molecule has 1 N–H and O–H groups in total. The number of aliphatic hydroxyl groups is 1. The predicted octanol–water partition coefficient (Wildman–Crippen LogP) is 13.3. The van der Waals surface area contributed by atoms with Crippen molar-refractivity contribution in [1.29, 1.82) is 0 Å². The van der Waals surface area contributed by atoms with Gasteiger partial charge in [-0.1, -0.05) is 48.9 Å². The fraction of sp³-hybridized carbons (Fsp3) is 0.333. The van der Waals surface area contributed by atoms with Gasteiger partial charge < -0.3 is 43.3 Å². The number of nitrogens with zero attached hydrogens (tertiary/aromatic N) is 4. The molecule has 0 atom stereocenters. The summed E-state index contributed by atoms with van der Waals surface area (Å²) in [5.41, 5.74) is 9.95. The smallest absolute Gasteiger partial charge is 0.261 e. The normalized spacial score (nSPS) is 11.5. The molecule has 0 fully saturated rings. The van der Waals surface area contributed by atoms with Gasteiger partial charge in [-0.05, 0) is 154 Å². The van der Waals surface area contributed by atoms with Crippen LogP contribution in [0.2, 0.25) is 0 Å². The molecular formula is C54H63Br2ClN4O9S3. The molecule has 5 aromatic carbocycles. The standard InChI is InChI=1S/C24H29BrN2O3S.C23H27BrN2O4S.C7H7ClO2S/c1-5-11-29-12-10-27(3)21-15-23-20(13-17(21)2)26-24(31-23)9-7-18-6-8-22(19(25)14-18)30-16-28-4;1-16-12-19-22(14-20(16)26(2)8-10-29-11-9-27)31-23(25-19)7-5-17-4-6-21(18(24)13-17)30-15-28-3;1-6-2-4-7(5-3-6)11(8,9)10/h6-9,13-15H,5,10-12,16H2,1-4H3;4-7,12-14,27H,8-11,15H2,1-3H3;2-5H,1H3/b9-7+;7-5+;. The molecule has 0 unspecified atom stereocenters. The van der Waals surface area contributed by atoms with Gasteiger partial charge in [-0.3, -0.25) is 0 Å². The highest BCUT2D eigenvalue weighted by Crippen LogP contribution is 2.34. The molecule has 0 bridgehead atoms. The average molecular weight is 1200 g/mol. The van der Waals surface area contributed by atoms with Gasteiger partial charge in [0.05, 0.1) is 60.7 Å². The predicted molar refractivity (Wildman–Crippen MR) is 310 cm³/mol. The zero-order valence-corrected chi connectivity index (χ0v) is 48.7. The summed E-state index contributed by atoms with van der Waals surface area (Å²) >= 11 is 10.4. The Labute approximate surface area is 459 Å². The third-order valence-corrected chi connectivity index (χ3v) is 15.3. The van der Waals surface area contributed by atoms with Crippen molar-refractivity contribution in [3.8, 4) is 11.5 Å². The van der Waals surface area contributed by atoms with Crippen LogP contribution in [0.5, 0.6) is 11.5 Å². The second-order valence-electron chi connectivity index (χ2n) is 16.5. The monoisotopic (exact) mass is 1200 g/mol. The van der Waals surface area contributed by atoms with Crippen LogP contribution in [-0.4, -0.2) is 112 Å². The third-order valence-electron chi connectivity index (χ3n) is 10.7. The van der Waals surface area contributed by atoms with E-state index in [0.717, 1.165) is 101 Å². The number of aromatic nitrogens is 2. The van der Waals surface area contributed by atoms with Crippen molar-refractivity contribution in [3.05, 3.63) is 132 Å². The van der Waals surface area contributed by atoms with Crippen LogP contribution >= 0.6 is 65.2 Å². The second-order valence-corrected chi connectivity index (χ2v) is 22.9. The Balaban J connectivity index is 0.000000224. The molecule has 392 valence electrons. The molecule has 0 spiro atoms. The van der Waals surface area contributed by atoms with E-state index >= 15 is 0 Å². The van der Waals surface area contributed by atoms with Crippen molar-refractivity contribution in [3.63, 3.8) is 0 Å². The Hall–Kier alpha value is -4.44. The van der Waals surface area contributed by atoms with Crippen molar-refractivity contribution in [2.24, 2.45) is 0 Å². The first kappa shape index (κ1) is 59.4. The molecule has 2 heterocycles. The van der Waals surface area contributed by atoms with E-state index in [0.29, 0.717) is 13.2 Å². The Kier molecular flexibility index (Phi) is 24.6. The zero-order chi connectivity index (χ0) is 52.9. The lowest BCUT2D eigenvalue weighted by molar-refractivity contribution is 0.0504. The molecule has 0 aliphatic rings. The highest BCUT2D eigenvalue weighted by Gasteiger charge is 2.13. The number of rotatable bonds is 23. The van der Waals surface area contributed by atoms with E-state index in [2.05, 4.69) is 113 Å². The maximum Gasteiger partial charge on any atom is 0.261 e. The molecule has 7 rings (SSSR count). The number of halogens is 3. The molecule has 0 saturated heterocycles. The van der Waals surface area contributed by atoms with Crippen LogP contribution in [-0.2, 0) is 28.0 Å². The molecule has 0 saturated carbocycles. The molecule has 13 nitrogen and oxygen atoms in total. The van der Waals surface area contributed by atoms with Gasteiger partial charge in [-0.2, -0.15) is 0 Å². The number of fused-ring (bicyclic) bond motifs is 2. The van der Waals surface area contributed by atoms with Crippen LogP contribution in [0.25, 0.3) is 44.7 Å². The summed E-state index contributed by atoms with van der Waals surface area (Å²) in [6.45, 7) is 12.9. The number of methoxy groups -OCH3 is 2. The Morgan fingerprint density at radius 3 is 1.49 bits per heavy atom. The topological polar surface area (TPSA) is 142 Å². The SMILES string of the molecule is CCCOCCN(C)c1cc2sc(/C=C/c3ccc(OCOC)c(Br)c3)nc2cc1C.COCOc1ccc(/C=C/c2nc3cc(C)c(N(C)CCOCCO)cc3s2)cc1Br.Cc1ccc(S(=O)(=O)Cl)cc1. The lowest BCUT2D eigenvalue weighted by atomic mass is 10.1. The summed E-state index contributed by atoms with van der Waals surface area (Å²) in [5, 5.41) is 10.8. The summed E-state index contributed by atoms with van der Waals surface area (Å²) in [7, 11) is 8.90. The number of thiazole rings is 2. The van der Waals surface area contributed by atoms with E-state index in [1.807, 2.05) is 55.5 Å². The molecule has 19 heteroatoms. The first-order valence-corrected chi connectivity index (χ1v) is 28.8. The van der Waals surface area contributed by atoms with Gasteiger partial charge in [-0.25, -0.2) is 18.4 Å². The Morgan fingerprint density at radius 2 is 1.10 bits per heavy atom. The van der Waals surface area contributed by atoms with Crippen molar-refractivity contribution < 1.29 is 41.9 Å². The highest BCUT2D eigenvalue weighted by atomic mass is 79.9. The van der Waals surface area contributed by atoms with Gasteiger partial charge in [0.1, 0.15) is 21.5 Å². The van der Waals surface area contributed by atoms with Gasteiger partial charge in [0.15, 0.2) is 13.6 Å². The number of anilines is 2. The zero-order valence-electron chi connectivity index (χ0n) is 42.3. The molecule has 73 heavy (non-hydrogen) atoms. The molecule has 2 aromatic heterocycles.